The van der Waals surface area contributed by atoms with Gasteiger partial charge in [-0.15, -0.1) is 0 Å². The lowest BCUT2D eigenvalue weighted by Gasteiger charge is -2.12. The quantitative estimate of drug-likeness (QED) is 0.591. The molecule has 3 amide bonds. The second-order valence-corrected chi connectivity index (χ2v) is 6.96. The van der Waals surface area contributed by atoms with E-state index in [0.29, 0.717) is 17.2 Å². The molecule has 2 aromatic carbocycles. The summed E-state index contributed by atoms with van der Waals surface area (Å²) < 4.78 is 5.77. The van der Waals surface area contributed by atoms with Crippen LogP contribution in [0.5, 0.6) is 11.5 Å². The Balaban J connectivity index is 1.38. The SMILES string of the molecule is CNC(=O)c1cc(Oc2ccc(NC(=O)Nc3cccc4c3CCC4)cc2)ccn1. The van der Waals surface area contributed by atoms with Gasteiger partial charge in [0.1, 0.15) is 17.2 Å². The summed E-state index contributed by atoms with van der Waals surface area (Å²) in [4.78, 5) is 28.1. The van der Waals surface area contributed by atoms with Crippen LogP contribution in [0, 0.1) is 0 Å². The topological polar surface area (TPSA) is 92.4 Å². The Morgan fingerprint density at radius 1 is 0.967 bits per heavy atom. The summed E-state index contributed by atoms with van der Waals surface area (Å²) in [5.74, 6) is 0.797. The van der Waals surface area contributed by atoms with Gasteiger partial charge < -0.3 is 20.7 Å². The van der Waals surface area contributed by atoms with Crippen LogP contribution in [0.1, 0.15) is 28.0 Å². The van der Waals surface area contributed by atoms with Gasteiger partial charge in [-0.25, -0.2) is 4.79 Å². The second kappa shape index (κ2) is 8.65. The molecule has 0 unspecified atom stereocenters. The first kappa shape index (κ1) is 19.4. The number of anilines is 2. The predicted octanol–water partition coefficient (Wildman–Crippen LogP) is 4.37. The number of nitrogens with one attached hydrogen (secondary N) is 3. The van der Waals surface area contributed by atoms with Crippen LogP contribution in [0.15, 0.2) is 60.8 Å². The van der Waals surface area contributed by atoms with Crippen LogP contribution in [0.4, 0.5) is 16.2 Å². The second-order valence-electron chi connectivity index (χ2n) is 6.96. The van der Waals surface area contributed by atoms with Gasteiger partial charge in [0.25, 0.3) is 5.91 Å². The van der Waals surface area contributed by atoms with Gasteiger partial charge in [0.05, 0.1) is 0 Å². The van der Waals surface area contributed by atoms with Crippen molar-refractivity contribution in [1.29, 1.82) is 0 Å². The molecule has 0 atom stereocenters. The molecule has 1 aliphatic carbocycles. The van der Waals surface area contributed by atoms with Crippen molar-refractivity contribution in [2.75, 3.05) is 17.7 Å². The molecule has 0 bridgehead atoms. The van der Waals surface area contributed by atoms with E-state index in [-0.39, 0.29) is 17.6 Å². The minimum atomic E-state index is -0.284. The van der Waals surface area contributed by atoms with E-state index in [1.807, 2.05) is 12.1 Å². The van der Waals surface area contributed by atoms with E-state index in [0.717, 1.165) is 24.9 Å². The molecule has 0 spiro atoms. The molecule has 0 fully saturated rings. The van der Waals surface area contributed by atoms with Crippen molar-refractivity contribution in [3.63, 3.8) is 0 Å². The molecular formula is C23H22N4O3. The number of pyridine rings is 1. The summed E-state index contributed by atoms with van der Waals surface area (Å²) >= 11 is 0. The van der Waals surface area contributed by atoms with Gasteiger partial charge in [0.15, 0.2) is 0 Å². The molecule has 152 valence electrons. The molecule has 3 aromatic rings. The zero-order valence-corrected chi connectivity index (χ0v) is 16.6. The Bertz CT molecular complexity index is 1080. The molecule has 0 saturated carbocycles. The Kier molecular flexibility index (Phi) is 5.61. The summed E-state index contributed by atoms with van der Waals surface area (Å²) in [7, 11) is 1.55. The molecule has 0 aliphatic heterocycles. The largest absolute Gasteiger partial charge is 0.457 e. The van der Waals surface area contributed by atoms with Crippen molar-refractivity contribution in [2.24, 2.45) is 0 Å². The van der Waals surface area contributed by atoms with E-state index in [4.69, 9.17) is 4.74 Å². The number of aromatic nitrogens is 1. The van der Waals surface area contributed by atoms with Gasteiger partial charge >= 0.3 is 6.03 Å². The minimum Gasteiger partial charge on any atom is -0.457 e. The number of rotatable bonds is 5. The Morgan fingerprint density at radius 3 is 2.60 bits per heavy atom. The van der Waals surface area contributed by atoms with Crippen molar-refractivity contribution in [1.82, 2.24) is 10.3 Å². The van der Waals surface area contributed by atoms with Gasteiger partial charge in [-0.05, 0) is 66.8 Å². The lowest BCUT2D eigenvalue weighted by molar-refractivity contribution is 0.0958. The van der Waals surface area contributed by atoms with Crippen LogP contribution < -0.4 is 20.7 Å². The van der Waals surface area contributed by atoms with Crippen molar-refractivity contribution in [3.05, 3.63) is 77.6 Å². The maximum atomic E-state index is 12.4. The maximum absolute atomic E-state index is 12.4. The highest BCUT2D eigenvalue weighted by molar-refractivity contribution is 6.00. The fourth-order valence-electron chi connectivity index (χ4n) is 3.49. The summed E-state index contributed by atoms with van der Waals surface area (Å²) in [6, 6.07) is 16.0. The van der Waals surface area contributed by atoms with Crippen LogP contribution in [-0.2, 0) is 12.8 Å². The first-order valence-electron chi connectivity index (χ1n) is 9.77. The average molecular weight is 402 g/mol. The predicted molar refractivity (Wildman–Crippen MR) is 115 cm³/mol. The fraction of sp³-hybridized carbons (Fsp3) is 0.174. The fourth-order valence-corrected chi connectivity index (χ4v) is 3.49. The molecule has 7 nitrogen and oxygen atoms in total. The van der Waals surface area contributed by atoms with Crippen LogP contribution in [-0.4, -0.2) is 24.0 Å². The third-order valence-electron chi connectivity index (χ3n) is 4.93. The average Bonchev–Trinajstić information content (AvgIpc) is 3.25. The van der Waals surface area contributed by atoms with Crippen molar-refractivity contribution < 1.29 is 14.3 Å². The summed E-state index contributed by atoms with van der Waals surface area (Å²) in [6.07, 6.45) is 4.70. The highest BCUT2D eigenvalue weighted by Gasteiger charge is 2.15. The number of aryl methyl sites for hydroxylation is 1. The van der Waals surface area contributed by atoms with E-state index in [2.05, 4.69) is 27.0 Å². The van der Waals surface area contributed by atoms with E-state index in [1.54, 1.807) is 43.4 Å². The summed E-state index contributed by atoms with van der Waals surface area (Å²) in [6.45, 7) is 0. The Hall–Kier alpha value is -3.87. The maximum Gasteiger partial charge on any atom is 0.323 e. The number of urea groups is 1. The number of ether oxygens (including phenoxy) is 1. The monoisotopic (exact) mass is 402 g/mol. The first-order chi connectivity index (χ1) is 14.6. The first-order valence-corrected chi connectivity index (χ1v) is 9.77. The molecule has 0 radical (unpaired) electrons. The molecule has 1 aliphatic rings. The highest BCUT2D eigenvalue weighted by atomic mass is 16.5. The van der Waals surface area contributed by atoms with E-state index >= 15 is 0 Å². The van der Waals surface area contributed by atoms with E-state index in [9.17, 15) is 9.59 Å². The number of carbonyl (C=O) groups is 2. The molecule has 0 saturated heterocycles. The van der Waals surface area contributed by atoms with Crippen LogP contribution in [0.25, 0.3) is 0 Å². The number of carbonyl (C=O) groups excluding carboxylic acids is 2. The van der Waals surface area contributed by atoms with Gasteiger partial charge in [0.2, 0.25) is 0 Å². The highest BCUT2D eigenvalue weighted by Crippen LogP contribution is 2.29. The van der Waals surface area contributed by atoms with E-state index < -0.39 is 0 Å². The Labute approximate surface area is 174 Å². The smallest absolute Gasteiger partial charge is 0.323 e. The molecule has 30 heavy (non-hydrogen) atoms. The van der Waals surface area contributed by atoms with Crippen LogP contribution in [0.2, 0.25) is 0 Å². The molecule has 3 N–H and O–H groups in total. The summed E-state index contributed by atoms with van der Waals surface area (Å²) in [5.41, 5.74) is 4.33. The third kappa shape index (κ3) is 4.41. The standard InChI is InChI=1S/C23H22N4O3/c1-24-22(28)21-14-18(12-13-25-21)30-17-10-8-16(9-11-17)26-23(29)27-20-7-3-5-15-4-2-6-19(15)20/h3,5,7-14H,2,4,6H2,1H3,(H,24,28)(H2,26,27,29). The number of fused-ring (bicyclic) bond motifs is 1. The van der Waals surface area contributed by atoms with Gasteiger partial charge in [-0.2, -0.15) is 0 Å². The van der Waals surface area contributed by atoms with Gasteiger partial charge in [-0.1, -0.05) is 12.1 Å². The van der Waals surface area contributed by atoms with Gasteiger partial charge in [-0.3, -0.25) is 9.78 Å². The molecule has 7 heteroatoms. The lowest BCUT2D eigenvalue weighted by atomic mass is 10.1. The lowest BCUT2D eigenvalue weighted by Crippen LogP contribution is -2.20. The van der Waals surface area contributed by atoms with Crippen molar-refractivity contribution in [3.8, 4) is 11.5 Å². The minimum absolute atomic E-state index is 0.275. The number of nitrogens with zero attached hydrogens (tertiary/aromatic N) is 1. The van der Waals surface area contributed by atoms with Crippen LogP contribution >= 0.6 is 0 Å². The van der Waals surface area contributed by atoms with Crippen molar-refractivity contribution in [2.45, 2.75) is 19.3 Å². The summed E-state index contributed by atoms with van der Waals surface area (Å²) in [5, 5.41) is 8.30. The van der Waals surface area contributed by atoms with Gasteiger partial charge in [0, 0.05) is 30.7 Å². The van der Waals surface area contributed by atoms with E-state index in [1.165, 1.54) is 17.3 Å². The molecule has 1 aromatic heterocycles. The molecular weight excluding hydrogens is 380 g/mol. The third-order valence-corrected chi connectivity index (χ3v) is 4.93. The molecule has 1 heterocycles. The zero-order valence-electron chi connectivity index (χ0n) is 16.6. The normalized spacial score (nSPS) is 12.0. The number of hydrogen-bond donors (Lipinski definition) is 3. The number of benzene rings is 2. The molecule has 4 rings (SSSR count). The number of hydrogen-bond acceptors (Lipinski definition) is 4. The zero-order chi connectivity index (χ0) is 20.9. The Morgan fingerprint density at radius 2 is 1.80 bits per heavy atom. The van der Waals surface area contributed by atoms with Crippen molar-refractivity contribution >= 4 is 23.3 Å². The number of amides is 3. The van der Waals surface area contributed by atoms with Crippen LogP contribution in [0.3, 0.4) is 0 Å².